The average Bonchev–Trinajstić information content (AvgIpc) is 3.34. The minimum absolute atomic E-state index is 0.0480. The molecule has 0 amide bonds. The molecule has 2 aromatic carbocycles. The number of nitrogens with zero attached hydrogens (tertiary/aromatic N) is 2. The van der Waals surface area contributed by atoms with Gasteiger partial charge in [0.25, 0.3) is 10.0 Å². The molecular weight excluding hydrogens is 408 g/mol. The highest BCUT2D eigenvalue weighted by Crippen LogP contribution is 2.39. The fourth-order valence-electron chi connectivity index (χ4n) is 3.68. The largest absolute Gasteiger partial charge is 0.481 e. The van der Waals surface area contributed by atoms with Gasteiger partial charge in [0.05, 0.1) is 11.0 Å². The van der Waals surface area contributed by atoms with Crippen LogP contribution in [0.1, 0.15) is 12.0 Å². The maximum absolute atomic E-state index is 13.6. The molecule has 3 heterocycles. The molecule has 152 valence electrons. The van der Waals surface area contributed by atoms with Gasteiger partial charge in [-0.05, 0) is 30.2 Å². The summed E-state index contributed by atoms with van der Waals surface area (Å²) >= 11 is 0. The van der Waals surface area contributed by atoms with E-state index in [1.165, 1.54) is 16.2 Å². The van der Waals surface area contributed by atoms with Gasteiger partial charge >= 0.3 is 5.97 Å². The molecule has 0 aliphatic carbocycles. The van der Waals surface area contributed by atoms with Crippen molar-refractivity contribution < 1.29 is 27.8 Å². The van der Waals surface area contributed by atoms with Gasteiger partial charge in [-0.15, -0.1) is 0 Å². The third kappa shape index (κ3) is 2.86. The number of carboxylic acids is 1. The van der Waals surface area contributed by atoms with Crippen LogP contribution in [-0.2, 0) is 21.2 Å². The highest BCUT2D eigenvalue weighted by Gasteiger charge is 2.26. The summed E-state index contributed by atoms with van der Waals surface area (Å²) in [6, 6.07) is 11.8. The van der Waals surface area contributed by atoms with Crippen LogP contribution in [0, 0.1) is 0 Å². The number of hydrogen-bond donors (Lipinski definition) is 1. The summed E-state index contributed by atoms with van der Waals surface area (Å²) in [5, 5.41) is 10.4. The minimum atomic E-state index is -4.02. The number of benzene rings is 2. The van der Waals surface area contributed by atoms with Crippen molar-refractivity contribution in [2.45, 2.75) is 17.7 Å². The molecule has 0 saturated heterocycles. The number of ether oxygens (including phenoxy) is 2. The number of aliphatic carboxylic acids is 1. The second-order valence-electron chi connectivity index (χ2n) is 6.90. The van der Waals surface area contributed by atoms with Crippen molar-refractivity contribution in [2.24, 2.45) is 0 Å². The van der Waals surface area contributed by atoms with Crippen LogP contribution >= 0.6 is 0 Å². The lowest BCUT2D eigenvalue weighted by Crippen LogP contribution is -2.13. The van der Waals surface area contributed by atoms with Crippen molar-refractivity contribution in [3.8, 4) is 11.5 Å². The zero-order valence-corrected chi connectivity index (χ0v) is 16.4. The Morgan fingerprint density at radius 1 is 1.13 bits per heavy atom. The predicted molar refractivity (Wildman–Crippen MR) is 108 cm³/mol. The van der Waals surface area contributed by atoms with Gasteiger partial charge in [-0.25, -0.2) is 12.4 Å². The normalized spacial score (nSPS) is 13.2. The molecule has 1 N–H and O–H groups in total. The van der Waals surface area contributed by atoms with Crippen LogP contribution in [0.5, 0.6) is 11.5 Å². The van der Waals surface area contributed by atoms with Crippen LogP contribution in [0.15, 0.2) is 59.8 Å². The first-order chi connectivity index (χ1) is 14.4. The Hall–Kier alpha value is -3.59. The van der Waals surface area contributed by atoms with Gasteiger partial charge < -0.3 is 14.6 Å². The second kappa shape index (κ2) is 6.74. The molecule has 8 nitrogen and oxygen atoms in total. The van der Waals surface area contributed by atoms with E-state index in [9.17, 15) is 13.2 Å². The van der Waals surface area contributed by atoms with E-state index in [2.05, 4.69) is 4.98 Å². The Labute approximate surface area is 171 Å². The van der Waals surface area contributed by atoms with Gasteiger partial charge in [0, 0.05) is 35.7 Å². The van der Waals surface area contributed by atoms with E-state index in [0.717, 1.165) is 0 Å². The van der Waals surface area contributed by atoms with Crippen molar-refractivity contribution in [2.75, 3.05) is 6.79 Å². The second-order valence-corrected chi connectivity index (χ2v) is 8.69. The SMILES string of the molecule is O=C(O)CCc1cn(S(=O)(=O)c2cccc3cccnc23)c2cc3c(cc12)OCO3. The van der Waals surface area contributed by atoms with E-state index in [1.54, 1.807) is 42.6 Å². The van der Waals surface area contributed by atoms with Gasteiger partial charge in [-0.1, -0.05) is 18.2 Å². The summed E-state index contributed by atoms with van der Waals surface area (Å²) in [5.74, 6) is -0.0170. The summed E-state index contributed by atoms with van der Waals surface area (Å²) in [6.07, 6.45) is 3.08. The summed E-state index contributed by atoms with van der Waals surface area (Å²) < 4.78 is 39.3. The number of pyridine rings is 1. The van der Waals surface area contributed by atoms with Crippen molar-refractivity contribution in [3.05, 3.63) is 60.4 Å². The van der Waals surface area contributed by atoms with Gasteiger partial charge in [-0.3, -0.25) is 9.78 Å². The lowest BCUT2D eigenvalue weighted by molar-refractivity contribution is -0.136. The number of aromatic nitrogens is 2. The van der Waals surface area contributed by atoms with Crippen LogP contribution in [0.25, 0.3) is 21.8 Å². The van der Waals surface area contributed by atoms with E-state index in [4.69, 9.17) is 14.6 Å². The molecule has 9 heteroatoms. The van der Waals surface area contributed by atoms with Crippen molar-refractivity contribution in [1.82, 2.24) is 8.96 Å². The summed E-state index contributed by atoms with van der Waals surface area (Å²) in [6.45, 7) is 0.0480. The van der Waals surface area contributed by atoms with Gasteiger partial charge in [0.1, 0.15) is 4.90 Å². The van der Waals surface area contributed by atoms with Crippen molar-refractivity contribution in [3.63, 3.8) is 0 Å². The van der Waals surface area contributed by atoms with E-state index in [0.29, 0.717) is 38.9 Å². The predicted octanol–water partition coefficient (Wildman–Crippen LogP) is 3.17. The number of carboxylic acid groups (broad SMARTS) is 1. The Kier molecular flexibility index (Phi) is 4.14. The van der Waals surface area contributed by atoms with E-state index < -0.39 is 16.0 Å². The van der Waals surface area contributed by atoms with Crippen LogP contribution in [0.4, 0.5) is 0 Å². The zero-order valence-electron chi connectivity index (χ0n) is 15.6. The van der Waals surface area contributed by atoms with E-state index >= 15 is 0 Å². The number of fused-ring (bicyclic) bond motifs is 3. The molecule has 4 aromatic rings. The molecule has 1 aliphatic heterocycles. The smallest absolute Gasteiger partial charge is 0.303 e. The molecule has 0 fully saturated rings. The number of rotatable bonds is 5. The van der Waals surface area contributed by atoms with Crippen LogP contribution in [-0.4, -0.2) is 35.2 Å². The van der Waals surface area contributed by atoms with Gasteiger partial charge in [-0.2, -0.15) is 0 Å². The quantitative estimate of drug-likeness (QED) is 0.524. The monoisotopic (exact) mass is 424 g/mol. The Bertz CT molecular complexity index is 1420. The fourth-order valence-corrected chi connectivity index (χ4v) is 5.23. The summed E-state index contributed by atoms with van der Waals surface area (Å²) in [7, 11) is -4.02. The van der Waals surface area contributed by atoms with E-state index in [1.807, 2.05) is 0 Å². The van der Waals surface area contributed by atoms with Crippen LogP contribution in [0.2, 0.25) is 0 Å². The van der Waals surface area contributed by atoms with Crippen LogP contribution < -0.4 is 9.47 Å². The van der Waals surface area contributed by atoms with Gasteiger partial charge in [0.2, 0.25) is 6.79 Å². The number of para-hydroxylation sites is 1. The first kappa shape index (κ1) is 18.4. The van der Waals surface area contributed by atoms with Crippen LogP contribution in [0.3, 0.4) is 0 Å². The number of carbonyl (C=O) groups is 1. The van der Waals surface area contributed by atoms with Crippen molar-refractivity contribution in [1.29, 1.82) is 0 Å². The average molecular weight is 424 g/mol. The minimum Gasteiger partial charge on any atom is -0.481 e. The molecule has 0 atom stereocenters. The Morgan fingerprint density at radius 2 is 1.90 bits per heavy atom. The van der Waals surface area contributed by atoms with E-state index in [-0.39, 0.29) is 24.5 Å². The third-order valence-electron chi connectivity index (χ3n) is 5.09. The molecule has 0 bridgehead atoms. The molecule has 1 aliphatic rings. The number of aryl methyl sites for hydroxylation is 1. The molecular formula is C21H16N2O6S. The first-order valence-corrected chi connectivity index (χ1v) is 10.6. The maximum Gasteiger partial charge on any atom is 0.303 e. The lowest BCUT2D eigenvalue weighted by atomic mass is 10.1. The Balaban J connectivity index is 1.76. The first-order valence-electron chi connectivity index (χ1n) is 9.20. The maximum atomic E-state index is 13.6. The standard InChI is InChI=1S/C21H16N2O6S/c24-20(25)7-6-14-11-23(16-10-18-17(9-15(14)16)28-12-29-18)30(26,27)19-5-1-3-13-4-2-8-22-21(13)19/h1-5,8-11H,6-7,12H2,(H,24,25). The highest BCUT2D eigenvalue weighted by molar-refractivity contribution is 7.90. The molecule has 30 heavy (non-hydrogen) atoms. The fraction of sp³-hybridized carbons (Fsp3) is 0.143. The molecule has 0 saturated carbocycles. The molecule has 0 unspecified atom stereocenters. The molecule has 0 spiro atoms. The van der Waals surface area contributed by atoms with Gasteiger partial charge in [0.15, 0.2) is 11.5 Å². The third-order valence-corrected chi connectivity index (χ3v) is 6.79. The zero-order chi connectivity index (χ0) is 20.9. The summed E-state index contributed by atoms with van der Waals surface area (Å²) in [5.41, 5.74) is 1.37. The van der Waals surface area contributed by atoms with Crippen molar-refractivity contribution >= 4 is 37.8 Å². The number of hydrogen-bond acceptors (Lipinski definition) is 6. The summed E-state index contributed by atoms with van der Waals surface area (Å²) in [4.78, 5) is 15.4. The lowest BCUT2D eigenvalue weighted by Gasteiger charge is -2.10. The Morgan fingerprint density at radius 3 is 2.70 bits per heavy atom. The molecule has 0 radical (unpaired) electrons. The topological polar surface area (TPSA) is 108 Å². The molecule has 5 rings (SSSR count). The molecule has 2 aromatic heterocycles. The highest BCUT2D eigenvalue weighted by atomic mass is 32.2.